The lowest BCUT2D eigenvalue weighted by molar-refractivity contribution is -0.131. The zero-order valence-corrected chi connectivity index (χ0v) is 19.1. The minimum absolute atomic E-state index is 0.184. The first-order valence-corrected chi connectivity index (χ1v) is 12.3. The van der Waals surface area contributed by atoms with Gasteiger partial charge in [0.15, 0.2) is 5.44 Å². The van der Waals surface area contributed by atoms with Gasteiger partial charge in [0.2, 0.25) is 0 Å². The molecule has 0 saturated heterocycles. The Morgan fingerprint density at radius 1 is 1.25 bits per heavy atom. The van der Waals surface area contributed by atoms with Gasteiger partial charge in [0.25, 0.3) is 0 Å². The smallest absolute Gasteiger partial charge is 0.331 e. The van der Waals surface area contributed by atoms with Crippen molar-refractivity contribution in [2.24, 2.45) is 5.41 Å². The number of ether oxygens (including phenoxy) is 1. The molecule has 32 heavy (non-hydrogen) atoms. The van der Waals surface area contributed by atoms with Crippen molar-refractivity contribution >= 4 is 27.9 Å². The average Bonchev–Trinajstić information content (AvgIpc) is 2.84. The zero-order valence-electron chi connectivity index (χ0n) is 18.3. The molecular formula is C24H30FNO5S. The van der Waals surface area contributed by atoms with Gasteiger partial charge in [-0.05, 0) is 43.2 Å². The highest BCUT2D eigenvalue weighted by atomic mass is 32.3. The van der Waals surface area contributed by atoms with Gasteiger partial charge < -0.3 is 14.7 Å². The van der Waals surface area contributed by atoms with Gasteiger partial charge in [0.1, 0.15) is 5.82 Å². The number of halogens is 1. The summed E-state index contributed by atoms with van der Waals surface area (Å²) in [5, 5.41) is 9.00. The van der Waals surface area contributed by atoms with E-state index in [0.29, 0.717) is 25.1 Å². The van der Waals surface area contributed by atoms with E-state index in [1.807, 2.05) is 42.2 Å². The summed E-state index contributed by atoms with van der Waals surface area (Å²) in [6, 6.07) is 13.3. The van der Waals surface area contributed by atoms with Crippen LogP contribution >= 0.6 is 10.6 Å². The molecular weight excluding hydrogens is 433 g/mol. The van der Waals surface area contributed by atoms with Gasteiger partial charge in [-0.1, -0.05) is 44.9 Å². The molecule has 2 unspecified atom stereocenters. The number of nitrogens with zero attached hydrogens (tertiary/aromatic N) is 1. The van der Waals surface area contributed by atoms with Crippen molar-refractivity contribution in [1.82, 2.24) is 0 Å². The number of hydrogen-bond donors (Lipinski definition) is 3. The largest absolute Gasteiger partial charge is 0.478 e. The molecule has 1 heterocycles. The molecule has 1 aliphatic heterocycles. The third kappa shape index (κ3) is 4.77. The normalized spacial score (nSPS) is 23.4. The molecule has 0 bridgehead atoms. The number of fused-ring (bicyclic) bond motifs is 1. The number of hydrogen-bond acceptors (Lipinski definition) is 5. The van der Waals surface area contributed by atoms with Crippen LogP contribution < -0.4 is 4.90 Å². The van der Waals surface area contributed by atoms with E-state index < -0.39 is 33.2 Å². The number of anilines is 2. The van der Waals surface area contributed by atoms with Gasteiger partial charge in [0.05, 0.1) is 22.9 Å². The van der Waals surface area contributed by atoms with E-state index in [1.54, 1.807) is 0 Å². The molecule has 8 heteroatoms. The van der Waals surface area contributed by atoms with Crippen LogP contribution in [0, 0.1) is 11.2 Å². The highest BCUT2D eigenvalue weighted by Gasteiger charge is 2.51. The molecule has 2 aromatic rings. The third-order valence-corrected chi connectivity index (χ3v) is 8.22. The molecule has 3 N–H and O–H groups in total. The summed E-state index contributed by atoms with van der Waals surface area (Å²) in [5.41, 5.74) is -0.659. The average molecular weight is 464 g/mol. The van der Waals surface area contributed by atoms with E-state index in [0.717, 1.165) is 30.9 Å². The summed E-state index contributed by atoms with van der Waals surface area (Å²) in [7, 11) is -3.60. The van der Waals surface area contributed by atoms with Crippen molar-refractivity contribution < 1.29 is 28.1 Å². The number of para-hydroxylation sites is 1. The number of carboxylic acid groups (broad SMARTS) is 1. The van der Waals surface area contributed by atoms with Crippen molar-refractivity contribution in [3.63, 3.8) is 0 Å². The molecule has 6 nitrogen and oxygen atoms in total. The maximum absolute atomic E-state index is 14.3. The van der Waals surface area contributed by atoms with Crippen LogP contribution in [0.4, 0.5) is 15.8 Å². The SMILES string of the molecule is CCCCC1(CC)CN(c2ccccc2)c2cc(F)ccc2S(O)(O)C1O/C=C/C(=O)O. The Labute approximate surface area is 189 Å². The standard InChI is InChI=1S/C24H30FNO5S/c1-3-5-14-24(4-2)17-26(19-9-7-6-8-10-19)20-16-18(25)11-12-21(20)32(29,30)23(24)31-15-13-22(27)28/h6-13,15-16,23,29-30H,3-5,14,17H2,1-2H3,(H,27,28)/b15-13+. The zero-order chi connectivity index (χ0) is 23.4. The molecule has 3 rings (SSSR count). The fourth-order valence-electron chi connectivity index (χ4n) is 4.30. The van der Waals surface area contributed by atoms with Crippen LogP contribution in [-0.2, 0) is 9.53 Å². The van der Waals surface area contributed by atoms with Crippen molar-refractivity contribution in [3.8, 4) is 0 Å². The summed E-state index contributed by atoms with van der Waals surface area (Å²) in [6.45, 7) is 4.37. The summed E-state index contributed by atoms with van der Waals surface area (Å²) < 4.78 is 43.2. The Kier molecular flexibility index (Phi) is 7.48. The van der Waals surface area contributed by atoms with Gasteiger partial charge in [0, 0.05) is 17.6 Å². The summed E-state index contributed by atoms with van der Waals surface area (Å²) in [4.78, 5) is 13.1. The second-order valence-electron chi connectivity index (χ2n) is 8.06. The summed E-state index contributed by atoms with van der Waals surface area (Å²) in [5.74, 6) is -1.68. The van der Waals surface area contributed by atoms with Crippen molar-refractivity contribution in [1.29, 1.82) is 0 Å². The molecule has 0 aliphatic carbocycles. The topological polar surface area (TPSA) is 90.2 Å². The molecule has 0 radical (unpaired) electrons. The fourth-order valence-corrected chi connectivity index (χ4v) is 6.56. The lowest BCUT2D eigenvalue weighted by atomic mass is 9.79. The first-order chi connectivity index (χ1) is 15.2. The molecule has 2 atom stereocenters. The first kappa shape index (κ1) is 24.1. The van der Waals surface area contributed by atoms with Gasteiger partial charge in [-0.3, -0.25) is 9.11 Å². The van der Waals surface area contributed by atoms with Crippen molar-refractivity contribution in [3.05, 3.63) is 66.7 Å². The Bertz CT molecular complexity index is 968. The van der Waals surface area contributed by atoms with E-state index in [-0.39, 0.29) is 4.90 Å². The van der Waals surface area contributed by atoms with Crippen molar-refractivity contribution in [2.75, 3.05) is 11.4 Å². The highest BCUT2D eigenvalue weighted by Crippen LogP contribution is 2.65. The van der Waals surface area contributed by atoms with E-state index >= 15 is 0 Å². The number of carbonyl (C=O) groups is 1. The summed E-state index contributed by atoms with van der Waals surface area (Å²) >= 11 is 0. The Morgan fingerprint density at radius 2 is 1.97 bits per heavy atom. The number of rotatable bonds is 8. The number of unbranched alkanes of at least 4 members (excludes halogenated alkanes) is 1. The molecule has 0 amide bonds. The molecule has 0 saturated carbocycles. The highest BCUT2D eigenvalue weighted by molar-refractivity contribution is 8.24. The molecule has 2 aromatic carbocycles. The van der Waals surface area contributed by atoms with E-state index in [4.69, 9.17) is 9.84 Å². The maximum atomic E-state index is 14.3. The van der Waals surface area contributed by atoms with Gasteiger partial charge in [-0.25, -0.2) is 9.18 Å². The first-order valence-electron chi connectivity index (χ1n) is 10.7. The van der Waals surface area contributed by atoms with Crippen LogP contribution in [0.1, 0.15) is 39.5 Å². The molecule has 0 fully saturated rings. The van der Waals surface area contributed by atoms with Crippen LogP contribution in [0.3, 0.4) is 0 Å². The number of carboxylic acids is 1. The van der Waals surface area contributed by atoms with Crippen LogP contribution in [-0.4, -0.2) is 32.2 Å². The predicted molar refractivity (Wildman–Crippen MR) is 125 cm³/mol. The second kappa shape index (κ2) is 9.94. The number of aliphatic carboxylic acids is 1. The Balaban J connectivity index is 2.25. The van der Waals surface area contributed by atoms with Crippen LogP contribution in [0.5, 0.6) is 0 Å². The third-order valence-electron chi connectivity index (χ3n) is 6.02. The van der Waals surface area contributed by atoms with Crippen LogP contribution in [0.25, 0.3) is 0 Å². The van der Waals surface area contributed by atoms with E-state index in [9.17, 15) is 18.3 Å². The monoisotopic (exact) mass is 463 g/mol. The fraction of sp³-hybridized carbons (Fsp3) is 0.375. The molecule has 0 aromatic heterocycles. The summed E-state index contributed by atoms with van der Waals surface area (Å²) in [6.07, 6.45) is 4.74. The second-order valence-corrected chi connectivity index (χ2v) is 10.1. The lowest BCUT2D eigenvalue weighted by Crippen LogP contribution is -2.45. The van der Waals surface area contributed by atoms with Crippen molar-refractivity contribution in [2.45, 2.75) is 49.9 Å². The molecule has 174 valence electrons. The minimum atomic E-state index is -3.60. The lowest BCUT2D eigenvalue weighted by Gasteiger charge is -2.48. The minimum Gasteiger partial charge on any atom is -0.478 e. The van der Waals surface area contributed by atoms with Crippen LogP contribution in [0.15, 0.2) is 65.8 Å². The Hall–Kier alpha value is -2.55. The van der Waals surface area contributed by atoms with Gasteiger partial charge in [-0.15, -0.1) is 10.6 Å². The molecule has 1 aliphatic rings. The van der Waals surface area contributed by atoms with E-state index in [1.165, 1.54) is 18.2 Å². The van der Waals surface area contributed by atoms with E-state index in [2.05, 4.69) is 6.92 Å². The Morgan fingerprint density at radius 3 is 2.59 bits per heavy atom. The van der Waals surface area contributed by atoms with Crippen LogP contribution in [0.2, 0.25) is 0 Å². The number of benzene rings is 2. The predicted octanol–water partition coefficient (Wildman–Crippen LogP) is 6.61. The van der Waals surface area contributed by atoms with Gasteiger partial charge in [-0.2, -0.15) is 0 Å². The van der Waals surface area contributed by atoms with Gasteiger partial charge >= 0.3 is 5.97 Å². The maximum Gasteiger partial charge on any atom is 0.331 e. The quantitative estimate of drug-likeness (QED) is 0.301. The molecule has 0 spiro atoms.